The smallest absolute Gasteiger partial charge is 0.262 e. The van der Waals surface area contributed by atoms with Gasteiger partial charge in [-0.15, -0.1) is 0 Å². The molecule has 1 atom stereocenters. The molecule has 4 aromatic carbocycles. The van der Waals surface area contributed by atoms with Gasteiger partial charge in [0.2, 0.25) is 0 Å². The number of hydrogen-bond acceptors (Lipinski definition) is 5. The van der Waals surface area contributed by atoms with Crippen LogP contribution in [-0.2, 0) is 6.54 Å². The van der Waals surface area contributed by atoms with Crippen LogP contribution in [0.4, 0.5) is 11.4 Å². The Hall–Kier alpha value is -4.91. The highest BCUT2D eigenvalue weighted by atomic mass is 16.5. The van der Waals surface area contributed by atoms with Crippen LogP contribution in [-0.4, -0.2) is 29.7 Å². The number of ether oxygens (including phenoxy) is 1. The lowest BCUT2D eigenvalue weighted by Crippen LogP contribution is -2.43. The molecule has 0 radical (unpaired) electrons. The highest BCUT2D eigenvalue weighted by molar-refractivity contribution is 6.21. The number of imide groups is 1. The van der Waals surface area contributed by atoms with Crippen LogP contribution in [0.3, 0.4) is 0 Å². The number of anilines is 2. The van der Waals surface area contributed by atoms with Crippen molar-refractivity contribution in [3.63, 3.8) is 0 Å². The Morgan fingerprint density at radius 1 is 0.763 bits per heavy atom. The predicted octanol–water partition coefficient (Wildman–Crippen LogP) is 5.57. The summed E-state index contributed by atoms with van der Waals surface area (Å²) in [6, 6.07) is 27.7. The lowest BCUT2D eigenvalue weighted by Gasteiger charge is -2.38. The molecule has 0 unspecified atom stereocenters. The van der Waals surface area contributed by atoms with E-state index in [1.165, 1.54) is 4.90 Å². The van der Waals surface area contributed by atoms with E-state index in [2.05, 4.69) is 5.32 Å². The third kappa shape index (κ3) is 3.80. The van der Waals surface area contributed by atoms with Gasteiger partial charge in [-0.2, -0.15) is 0 Å². The second-order valence-corrected chi connectivity index (χ2v) is 9.42. The van der Waals surface area contributed by atoms with Crippen LogP contribution in [0.15, 0.2) is 91.0 Å². The number of carbonyl (C=O) groups is 3. The first-order valence-corrected chi connectivity index (χ1v) is 12.3. The summed E-state index contributed by atoms with van der Waals surface area (Å²) in [5, 5.41) is 3.51. The molecule has 1 N–H and O–H groups in total. The maximum Gasteiger partial charge on any atom is 0.262 e. The average molecular weight is 504 g/mol. The fourth-order valence-corrected chi connectivity index (χ4v) is 5.10. The number of methoxy groups -OCH3 is 1. The van der Waals surface area contributed by atoms with Gasteiger partial charge in [-0.05, 0) is 61.0 Å². The molecular weight excluding hydrogens is 478 g/mol. The van der Waals surface area contributed by atoms with E-state index in [1.807, 2.05) is 73.7 Å². The third-order valence-electron chi connectivity index (χ3n) is 7.07. The maximum absolute atomic E-state index is 13.7. The number of aryl methyl sites for hydroxylation is 1. The van der Waals surface area contributed by atoms with Crippen LogP contribution in [0.2, 0.25) is 0 Å². The number of benzene rings is 4. The van der Waals surface area contributed by atoms with Gasteiger partial charge in [0.15, 0.2) is 0 Å². The van der Waals surface area contributed by atoms with Crippen molar-refractivity contribution in [1.82, 2.24) is 4.90 Å². The lowest BCUT2D eigenvalue weighted by atomic mass is 10.00. The highest BCUT2D eigenvalue weighted by Crippen LogP contribution is 2.38. The Bertz CT molecular complexity index is 1560. The van der Waals surface area contributed by atoms with Gasteiger partial charge in [0, 0.05) is 16.9 Å². The van der Waals surface area contributed by atoms with Gasteiger partial charge < -0.3 is 10.1 Å². The number of hydrogen-bond donors (Lipinski definition) is 1. The number of carbonyl (C=O) groups excluding carboxylic acids is 3. The van der Waals surface area contributed by atoms with Crippen LogP contribution < -0.4 is 15.0 Å². The molecule has 2 aliphatic heterocycles. The summed E-state index contributed by atoms with van der Waals surface area (Å²) in [5.74, 6) is -0.237. The summed E-state index contributed by atoms with van der Waals surface area (Å²) in [6.45, 7) is 2.05. The average Bonchev–Trinajstić information content (AvgIpc) is 3.18. The van der Waals surface area contributed by atoms with E-state index in [9.17, 15) is 14.4 Å². The maximum atomic E-state index is 13.7. The normalized spacial score (nSPS) is 16.3. The molecule has 2 aliphatic rings. The number of rotatable bonds is 5. The highest BCUT2D eigenvalue weighted by Gasteiger charge is 2.37. The molecule has 0 bridgehead atoms. The fraction of sp³-hybridized carbons (Fsp3) is 0.129. The molecule has 7 nitrogen and oxygen atoms in total. The summed E-state index contributed by atoms with van der Waals surface area (Å²) < 4.78 is 5.60. The number of para-hydroxylation sites is 1. The van der Waals surface area contributed by atoms with Gasteiger partial charge in [0.05, 0.1) is 30.3 Å². The Labute approximate surface area is 220 Å². The molecule has 2 heterocycles. The van der Waals surface area contributed by atoms with Crippen molar-refractivity contribution >= 4 is 29.1 Å². The molecule has 0 aliphatic carbocycles. The Balaban J connectivity index is 1.41. The SMILES string of the molecule is COc1ccc([C@@H]2Nc3ccccc3C(=O)N2c2ccc(C)cc2)cc1CN1C(=O)c2ccccc2C1=O. The molecule has 6 rings (SSSR count). The van der Waals surface area contributed by atoms with Crippen molar-refractivity contribution in [2.24, 2.45) is 0 Å². The van der Waals surface area contributed by atoms with E-state index < -0.39 is 6.17 Å². The number of amides is 3. The van der Waals surface area contributed by atoms with Crippen LogP contribution in [0.5, 0.6) is 5.75 Å². The van der Waals surface area contributed by atoms with Gasteiger partial charge in [0.25, 0.3) is 17.7 Å². The zero-order valence-electron chi connectivity index (χ0n) is 21.0. The standard InChI is InChI=1S/C31H25N3O4/c1-19-11-14-22(15-12-19)34-28(32-26-10-6-5-9-25(26)31(34)37)20-13-16-27(38-2)21(17-20)18-33-29(35)23-7-3-4-8-24(23)30(33)36/h3-17,28,32H,18H2,1-2H3/t28-/m1/s1. The lowest BCUT2D eigenvalue weighted by molar-refractivity contribution is 0.0641. The van der Waals surface area contributed by atoms with E-state index in [0.717, 1.165) is 22.5 Å². The van der Waals surface area contributed by atoms with E-state index in [1.54, 1.807) is 36.3 Å². The molecule has 3 amide bonds. The van der Waals surface area contributed by atoms with Crippen molar-refractivity contribution in [3.8, 4) is 5.75 Å². The summed E-state index contributed by atoms with van der Waals surface area (Å²) in [4.78, 5) is 42.8. The van der Waals surface area contributed by atoms with Crippen molar-refractivity contribution in [3.05, 3.63) is 124 Å². The quantitative estimate of drug-likeness (QED) is 0.360. The van der Waals surface area contributed by atoms with Gasteiger partial charge in [-0.25, -0.2) is 0 Å². The zero-order valence-corrected chi connectivity index (χ0v) is 21.0. The van der Waals surface area contributed by atoms with Gasteiger partial charge in [-0.1, -0.05) is 48.0 Å². The van der Waals surface area contributed by atoms with Crippen molar-refractivity contribution in [2.75, 3.05) is 17.3 Å². The molecule has 0 fully saturated rings. The van der Waals surface area contributed by atoms with Crippen LogP contribution in [0.1, 0.15) is 53.9 Å². The number of nitrogens with zero attached hydrogens (tertiary/aromatic N) is 2. The van der Waals surface area contributed by atoms with Crippen molar-refractivity contribution < 1.29 is 19.1 Å². The predicted molar refractivity (Wildman–Crippen MR) is 144 cm³/mol. The Morgan fingerprint density at radius 2 is 1.39 bits per heavy atom. The molecular formula is C31H25N3O4. The van der Waals surface area contributed by atoms with Crippen molar-refractivity contribution in [2.45, 2.75) is 19.6 Å². The van der Waals surface area contributed by atoms with E-state index in [0.29, 0.717) is 28.0 Å². The first-order chi connectivity index (χ1) is 18.5. The molecule has 0 saturated carbocycles. The summed E-state index contributed by atoms with van der Waals surface area (Å²) in [5.41, 5.74) is 5.43. The minimum absolute atomic E-state index is 0.0468. The second-order valence-electron chi connectivity index (χ2n) is 9.42. The van der Waals surface area contributed by atoms with Crippen LogP contribution >= 0.6 is 0 Å². The van der Waals surface area contributed by atoms with Gasteiger partial charge in [-0.3, -0.25) is 24.2 Å². The monoisotopic (exact) mass is 503 g/mol. The first kappa shape index (κ1) is 23.5. The summed E-state index contributed by atoms with van der Waals surface area (Å²) in [6.07, 6.45) is -0.521. The zero-order chi connectivity index (χ0) is 26.4. The van der Waals surface area contributed by atoms with E-state index in [-0.39, 0.29) is 24.3 Å². The number of nitrogens with one attached hydrogen (secondary N) is 1. The molecule has 0 spiro atoms. The summed E-state index contributed by atoms with van der Waals surface area (Å²) in [7, 11) is 1.55. The van der Waals surface area contributed by atoms with Crippen LogP contribution in [0, 0.1) is 6.92 Å². The first-order valence-electron chi connectivity index (χ1n) is 12.3. The Morgan fingerprint density at radius 3 is 2.05 bits per heavy atom. The second kappa shape index (κ2) is 9.19. The molecule has 188 valence electrons. The molecule has 7 heteroatoms. The van der Waals surface area contributed by atoms with Gasteiger partial charge >= 0.3 is 0 Å². The minimum Gasteiger partial charge on any atom is -0.496 e. The summed E-state index contributed by atoms with van der Waals surface area (Å²) >= 11 is 0. The molecule has 0 aromatic heterocycles. The minimum atomic E-state index is -0.521. The molecule has 4 aromatic rings. The fourth-order valence-electron chi connectivity index (χ4n) is 5.10. The Kier molecular flexibility index (Phi) is 5.68. The van der Waals surface area contributed by atoms with Crippen LogP contribution in [0.25, 0.3) is 0 Å². The topological polar surface area (TPSA) is 79.0 Å². The van der Waals surface area contributed by atoms with E-state index in [4.69, 9.17) is 4.74 Å². The van der Waals surface area contributed by atoms with Crippen molar-refractivity contribution in [1.29, 1.82) is 0 Å². The number of fused-ring (bicyclic) bond motifs is 2. The third-order valence-corrected chi connectivity index (χ3v) is 7.07. The largest absolute Gasteiger partial charge is 0.496 e. The molecule has 38 heavy (non-hydrogen) atoms. The van der Waals surface area contributed by atoms with E-state index >= 15 is 0 Å². The van der Waals surface area contributed by atoms with Gasteiger partial charge in [0.1, 0.15) is 11.9 Å². The molecule has 0 saturated heterocycles.